The summed E-state index contributed by atoms with van der Waals surface area (Å²) in [5, 5.41) is 0. The molecule has 1 aliphatic carbocycles. The van der Waals surface area contributed by atoms with Crippen LogP contribution in [0.25, 0.3) is 11.1 Å². The summed E-state index contributed by atoms with van der Waals surface area (Å²) in [6.45, 7) is 4.39. The second kappa shape index (κ2) is 14.8. The largest absolute Gasteiger partial charge is 0.252 e. The van der Waals surface area contributed by atoms with Crippen LogP contribution in [0.3, 0.4) is 0 Å². The maximum Gasteiger partial charge on any atom is 0.252 e. The number of hydrogen-bond acceptors (Lipinski definition) is 0. The minimum atomic E-state index is -2.61. The summed E-state index contributed by atoms with van der Waals surface area (Å²) in [6.07, 6.45) is 17.3. The molecule has 0 N–H and O–H groups in total. The van der Waals surface area contributed by atoms with E-state index in [-0.39, 0.29) is 12.8 Å². The Morgan fingerprint density at radius 2 is 1.20 bits per heavy atom. The van der Waals surface area contributed by atoms with Crippen LogP contribution in [0.4, 0.5) is 8.78 Å². The first-order valence-corrected chi connectivity index (χ1v) is 14.6. The molecule has 0 heterocycles. The molecule has 1 aliphatic rings. The number of unbranched alkanes of at least 4 members (excludes halogenated alkanes) is 7. The minimum absolute atomic E-state index is 0.00289. The third-order valence-corrected chi connectivity index (χ3v) is 8.09. The van der Waals surface area contributed by atoms with E-state index in [1.165, 1.54) is 75.3 Å². The summed E-state index contributed by atoms with van der Waals surface area (Å²) in [6, 6.07) is 16.8. The first kappa shape index (κ1) is 27.9. The van der Waals surface area contributed by atoms with Gasteiger partial charge in [0, 0.05) is 12.8 Å². The number of benzene rings is 2. The van der Waals surface area contributed by atoms with Crippen molar-refractivity contribution in [2.45, 2.75) is 128 Å². The van der Waals surface area contributed by atoms with Crippen molar-refractivity contribution in [3.05, 3.63) is 59.7 Å². The molecule has 35 heavy (non-hydrogen) atoms. The van der Waals surface area contributed by atoms with E-state index in [1.54, 1.807) is 0 Å². The molecule has 2 aromatic rings. The molecule has 2 heteroatoms. The molecule has 0 aromatic heterocycles. The van der Waals surface area contributed by atoms with Crippen LogP contribution in [0, 0.1) is 5.92 Å². The van der Waals surface area contributed by atoms with E-state index in [9.17, 15) is 8.78 Å². The maximum absolute atomic E-state index is 14.3. The molecule has 0 bridgehead atoms. The molecule has 2 aromatic carbocycles. The van der Waals surface area contributed by atoms with Crippen molar-refractivity contribution < 1.29 is 8.78 Å². The van der Waals surface area contributed by atoms with Crippen molar-refractivity contribution >= 4 is 0 Å². The zero-order valence-electron chi connectivity index (χ0n) is 22.3. The molecule has 0 nitrogen and oxygen atoms in total. The molecular formula is C33H48F2. The molecule has 0 radical (unpaired) electrons. The van der Waals surface area contributed by atoms with Crippen molar-refractivity contribution in [3.63, 3.8) is 0 Å². The van der Waals surface area contributed by atoms with Crippen LogP contribution in [0.1, 0.15) is 127 Å². The first-order valence-electron chi connectivity index (χ1n) is 14.6. The van der Waals surface area contributed by atoms with Gasteiger partial charge in [-0.3, -0.25) is 0 Å². The fourth-order valence-electron chi connectivity index (χ4n) is 5.78. The van der Waals surface area contributed by atoms with Crippen LogP contribution in [-0.4, -0.2) is 5.92 Å². The predicted octanol–water partition coefficient (Wildman–Crippen LogP) is 11.1. The number of alkyl halides is 2. The second-order valence-electron chi connectivity index (χ2n) is 11.1. The maximum atomic E-state index is 14.3. The van der Waals surface area contributed by atoms with E-state index in [1.807, 2.05) is 24.3 Å². The van der Waals surface area contributed by atoms with Gasteiger partial charge < -0.3 is 0 Å². The summed E-state index contributed by atoms with van der Waals surface area (Å²) >= 11 is 0. The van der Waals surface area contributed by atoms with Crippen LogP contribution >= 0.6 is 0 Å². The lowest BCUT2D eigenvalue weighted by molar-refractivity contribution is -0.00948. The summed E-state index contributed by atoms with van der Waals surface area (Å²) in [7, 11) is 0. The third kappa shape index (κ3) is 9.70. The average Bonchev–Trinajstić information content (AvgIpc) is 2.87. The highest BCUT2D eigenvalue weighted by Crippen LogP contribution is 2.38. The smallest absolute Gasteiger partial charge is 0.207 e. The lowest BCUT2D eigenvalue weighted by atomic mass is 9.77. The third-order valence-electron chi connectivity index (χ3n) is 8.09. The number of halogens is 2. The van der Waals surface area contributed by atoms with Crippen LogP contribution < -0.4 is 0 Å². The first-order chi connectivity index (χ1) is 17.0. The molecule has 194 valence electrons. The molecule has 1 fully saturated rings. The van der Waals surface area contributed by atoms with E-state index in [0.29, 0.717) is 12.3 Å². The molecule has 0 aliphatic heterocycles. The highest BCUT2D eigenvalue weighted by molar-refractivity contribution is 5.64. The molecule has 0 spiro atoms. The van der Waals surface area contributed by atoms with Gasteiger partial charge in [-0.2, -0.15) is 0 Å². The van der Waals surface area contributed by atoms with Crippen LogP contribution in [0.2, 0.25) is 0 Å². The van der Waals surface area contributed by atoms with E-state index < -0.39 is 5.92 Å². The van der Waals surface area contributed by atoms with Gasteiger partial charge in [0.05, 0.1) is 0 Å². The van der Waals surface area contributed by atoms with Gasteiger partial charge in [-0.25, -0.2) is 8.78 Å². The summed E-state index contributed by atoms with van der Waals surface area (Å²) in [4.78, 5) is 0. The minimum Gasteiger partial charge on any atom is -0.207 e. The van der Waals surface area contributed by atoms with Gasteiger partial charge in [-0.15, -0.1) is 0 Å². The summed E-state index contributed by atoms with van der Waals surface area (Å²) in [5.41, 5.74) is 4.48. The van der Waals surface area contributed by atoms with E-state index in [4.69, 9.17) is 0 Å². The Bertz CT molecular complexity index is 813. The Hall–Kier alpha value is -1.70. The number of hydrogen-bond donors (Lipinski definition) is 0. The monoisotopic (exact) mass is 482 g/mol. The fraction of sp³-hybridized carbons (Fsp3) is 0.636. The Morgan fingerprint density at radius 3 is 1.80 bits per heavy atom. The zero-order chi connectivity index (χ0) is 24.9. The van der Waals surface area contributed by atoms with Crippen molar-refractivity contribution in [2.24, 2.45) is 5.92 Å². The van der Waals surface area contributed by atoms with Gasteiger partial charge in [-0.1, -0.05) is 120 Å². The second-order valence-corrected chi connectivity index (χ2v) is 11.1. The van der Waals surface area contributed by atoms with Gasteiger partial charge in [0.2, 0.25) is 0 Å². The predicted molar refractivity (Wildman–Crippen MR) is 147 cm³/mol. The molecule has 0 saturated heterocycles. The average molecular weight is 483 g/mol. The van der Waals surface area contributed by atoms with E-state index in [0.717, 1.165) is 36.3 Å². The summed E-state index contributed by atoms with van der Waals surface area (Å²) in [5.74, 6) is -0.970. The van der Waals surface area contributed by atoms with Gasteiger partial charge in [0.25, 0.3) is 5.92 Å². The Kier molecular flexibility index (Phi) is 11.8. The van der Waals surface area contributed by atoms with Crippen molar-refractivity contribution in [1.82, 2.24) is 0 Å². The Balaban J connectivity index is 1.45. The quantitative estimate of drug-likeness (QED) is 0.221. The lowest BCUT2D eigenvalue weighted by Gasteiger charge is -2.29. The number of rotatable bonds is 15. The van der Waals surface area contributed by atoms with Crippen molar-refractivity contribution in [1.29, 1.82) is 0 Å². The molecule has 1 saturated carbocycles. The van der Waals surface area contributed by atoms with Gasteiger partial charge >= 0.3 is 0 Å². The Morgan fingerprint density at radius 1 is 0.657 bits per heavy atom. The normalized spacial score (nSPS) is 18.6. The molecular weight excluding hydrogens is 434 g/mol. The van der Waals surface area contributed by atoms with Gasteiger partial charge in [0.15, 0.2) is 0 Å². The lowest BCUT2D eigenvalue weighted by Crippen LogP contribution is -2.19. The SMILES string of the molecule is CCCCCCC[C@H]1CC[C@H](c2ccc(-c3ccc(CC(F)(F)CCCCCC)cc3)cc2)CC1. The molecule has 0 atom stereocenters. The van der Waals surface area contributed by atoms with Gasteiger partial charge in [-0.05, 0) is 66.2 Å². The summed E-state index contributed by atoms with van der Waals surface area (Å²) < 4.78 is 28.6. The highest BCUT2D eigenvalue weighted by Gasteiger charge is 2.28. The molecule has 0 amide bonds. The highest BCUT2D eigenvalue weighted by atomic mass is 19.3. The molecule has 3 rings (SSSR count). The standard InChI is InChI=1S/C33H48F2/c1-3-5-7-9-10-12-27-13-17-29(18-14-27)31-21-23-32(24-22-31)30-19-15-28(16-20-30)26-33(34,35)25-11-8-6-4-2/h15-16,19-24,27,29H,3-14,17-18,25-26H2,1-2H3/t27-,29-. The fourth-order valence-corrected chi connectivity index (χ4v) is 5.78. The zero-order valence-corrected chi connectivity index (χ0v) is 22.3. The van der Waals surface area contributed by atoms with Crippen LogP contribution in [0.5, 0.6) is 0 Å². The van der Waals surface area contributed by atoms with Crippen molar-refractivity contribution in [3.8, 4) is 11.1 Å². The van der Waals surface area contributed by atoms with E-state index in [2.05, 4.69) is 38.1 Å². The molecule has 0 unspecified atom stereocenters. The van der Waals surface area contributed by atoms with Crippen molar-refractivity contribution in [2.75, 3.05) is 0 Å². The Labute approximate surface area is 213 Å². The topological polar surface area (TPSA) is 0 Å². The van der Waals surface area contributed by atoms with E-state index >= 15 is 0 Å². The van der Waals surface area contributed by atoms with Crippen LogP contribution in [0.15, 0.2) is 48.5 Å². The van der Waals surface area contributed by atoms with Gasteiger partial charge in [0.1, 0.15) is 0 Å². The van der Waals surface area contributed by atoms with Crippen LogP contribution in [-0.2, 0) is 6.42 Å².